The molecule has 9 nitrogen and oxygen atoms in total. The van der Waals surface area contributed by atoms with Gasteiger partial charge in [-0.3, -0.25) is 4.79 Å². The Morgan fingerprint density at radius 1 is 0.471 bits per heavy atom. The van der Waals surface area contributed by atoms with E-state index in [9.17, 15) is 30.3 Å². The molecule has 9 heteroatoms. The number of carbonyl (C=O) groups excluding carboxylic acids is 1. The lowest BCUT2D eigenvalue weighted by atomic mass is 9.99. The topological polar surface area (TPSA) is 149 Å². The second-order valence-corrected chi connectivity index (χ2v) is 21.9. The van der Waals surface area contributed by atoms with Gasteiger partial charge in [0.15, 0.2) is 6.29 Å². The van der Waals surface area contributed by atoms with Crippen molar-refractivity contribution in [2.24, 2.45) is 0 Å². The van der Waals surface area contributed by atoms with Crippen molar-refractivity contribution in [1.82, 2.24) is 5.32 Å². The molecule has 0 aromatic carbocycles. The summed E-state index contributed by atoms with van der Waals surface area (Å²) in [6, 6.07) is -0.719. The highest BCUT2D eigenvalue weighted by Gasteiger charge is 2.44. The third-order valence-electron chi connectivity index (χ3n) is 15.1. The molecule has 0 aromatic heterocycles. The van der Waals surface area contributed by atoms with Crippen LogP contribution in [0.1, 0.15) is 316 Å². The average molecular weight is 995 g/mol. The Morgan fingerprint density at radius 2 is 0.800 bits per heavy atom. The van der Waals surface area contributed by atoms with Crippen molar-refractivity contribution < 1.29 is 39.8 Å². The molecule has 7 unspecified atom stereocenters. The summed E-state index contributed by atoms with van der Waals surface area (Å²) in [4.78, 5) is 13.1. The molecule has 1 fully saturated rings. The van der Waals surface area contributed by atoms with E-state index < -0.39 is 49.5 Å². The number of hydrogen-bond acceptors (Lipinski definition) is 8. The summed E-state index contributed by atoms with van der Waals surface area (Å²) >= 11 is 0. The largest absolute Gasteiger partial charge is 0.394 e. The van der Waals surface area contributed by atoms with Crippen LogP contribution in [0.4, 0.5) is 0 Å². The third kappa shape index (κ3) is 40.3. The number of ether oxygens (including phenoxy) is 2. The van der Waals surface area contributed by atoms with Gasteiger partial charge >= 0.3 is 0 Å². The van der Waals surface area contributed by atoms with Gasteiger partial charge in [0.2, 0.25) is 5.91 Å². The zero-order chi connectivity index (χ0) is 50.8. The number of aliphatic hydroxyl groups excluding tert-OH is 5. The monoisotopic (exact) mass is 994 g/mol. The first-order valence-electron chi connectivity index (χ1n) is 30.9. The van der Waals surface area contributed by atoms with E-state index in [1.165, 1.54) is 250 Å². The summed E-state index contributed by atoms with van der Waals surface area (Å²) in [7, 11) is 0. The van der Waals surface area contributed by atoms with Gasteiger partial charge in [0, 0.05) is 6.42 Å². The molecule has 1 aliphatic rings. The first-order chi connectivity index (χ1) is 34.3. The molecule has 0 aromatic rings. The molecule has 1 aliphatic heterocycles. The minimum absolute atomic E-state index is 0.135. The zero-order valence-corrected chi connectivity index (χ0v) is 46.3. The highest BCUT2D eigenvalue weighted by Crippen LogP contribution is 2.23. The number of unbranched alkanes of at least 4 members (excludes halogenated alkanes) is 42. The molecule has 0 aliphatic carbocycles. The van der Waals surface area contributed by atoms with Crippen LogP contribution in [-0.2, 0) is 14.3 Å². The number of amides is 1. The van der Waals surface area contributed by atoms with Crippen molar-refractivity contribution in [3.8, 4) is 0 Å². The molecule has 1 rings (SSSR count). The lowest BCUT2D eigenvalue weighted by Gasteiger charge is -2.40. The van der Waals surface area contributed by atoms with Gasteiger partial charge in [-0.05, 0) is 38.5 Å². The maximum atomic E-state index is 13.1. The van der Waals surface area contributed by atoms with Gasteiger partial charge in [0.1, 0.15) is 24.4 Å². The summed E-state index contributed by atoms with van der Waals surface area (Å²) in [5.41, 5.74) is 0. The van der Waals surface area contributed by atoms with Crippen LogP contribution in [0.3, 0.4) is 0 Å². The Hall–Kier alpha value is -1.07. The van der Waals surface area contributed by atoms with E-state index in [-0.39, 0.29) is 12.5 Å². The van der Waals surface area contributed by atoms with Gasteiger partial charge < -0.3 is 40.3 Å². The van der Waals surface area contributed by atoms with Gasteiger partial charge in [0.05, 0.1) is 25.4 Å². The molecular weight excluding hydrogens is 875 g/mol. The van der Waals surface area contributed by atoms with Gasteiger partial charge in [0.25, 0.3) is 0 Å². The number of nitrogens with one attached hydrogen (secondary N) is 1. The summed E-state index contributed by atoms with van der Waals surface area (Å²) in [6.07, 6.45) is 56.8. The fourth-order valence-corrected chi connectivity index (χ4v) is 10.2. The lowest BCUT2D eigenvalue weighted by Crippen LogP contribution is -2.60. The summed E-state index contributed by atoms with van der Waals surface area (Å²) < 4.78 is 11.3. The minimum Gasteiger partial charge on any atom is -0.394 e. The van der Waals surface area contributed by atoms with E-state index in [0.29, 0.717) is 12.8 Å². The maximum absolute atomic E-state index is 13.1. The van der Waals surface area contributed by atoms with Gasteiger partial charge in [-0.1, -0.05) is 283 Å². The van der Waals surface area contributed by atoms with Crippen molar-refractivity contribution in [1.29, 1.82) is 0 Å². The predicted octanol–water partition coefficient (Wildman–Crippen LogP) is 15.6. The van der Waals surface area contributed by atoms with E-state index in [2.05, 4.69) is 31.3 Å². The van der Waals surface area contributed by atoms with Crippen LogP contribution >= 0.6 is 0 Å². The van der Waals surface area contributed by atoms with Crippen molar-refractivity contribution in [3.05, 3.63) is 12.2 Å². The van der Waals surface area contributed by atoms with Crippen LogP contribution in [0, 0.1) is 0 Å². The molecule has 0 bridgehead atoms. The second-order valence-electron chi connectivity index (χ2n) is 21.9. The standard InChI is InChI=1S/C61H119NO8/c1-3-5-7-9-11-13-15-17-19-21-23-25-27-29-31-33-35-37-39-41-43-45-47-49-51-57(65)62-54(53-69-61-60(68)59(67)58(66)56(52-63)70-61)55(64)50-48-46-44-42-40-38-36-34-32-30-28-26-24-22-20-18-16-14-12-10-8-6-4-2/h29,31,54-56,58-61,63-64,66-68H,3-28,30,32-53H2,1-2H3,(H,62,65)/b31-29-. The lowest BCUT2D eigenvalue weighted by molar-refractivity contribution is -0.302. The molecule has 6 N–H and O–H groups in total. The molecular formula is C61H119NO8. The first-order valence-corrected chi connectivity index (χ1v) is 30.9. The summed E-state index contributed by atoms with van der Waals surface area (Å²) in [5, 5.41) is 54.8. The summed E-state index contributed by atoms with van der Waals surface area (Å²) in [5.74, 6) is -0.141. The Kier molecular flexibility index (Phi) is 49.2. The van der Waals surface area contributed by atoms with E-state index in [1.807, 2.05) is 0 Å². The highest BCUT2D eigenvalue weighted by molar-refractivity contribution is 5.76. The smallest absolute Gasteiger partial charge is 0.220 e. The third-order valence-corrected chi connectivity index (χ3v) is 15.1. The number of rotatable bonds is 54. The van der Waals surface area contributed by atoms with Crippen LogP contribution in [0.15, 0.2) is 12.2 Å². The first kappa shape index (κ1) is 66.9. The van der Waals surface area contributed by atoms with Crippen molar-refractivity contribution in [2.45, 2.75) is 358 Å². The minimum atomic E-state index is -1.55. The van der Waals surface area contributed by atoms with Crippen molar-refractivity contribution >= 4 is 5.91 Å². The van der Waals surface area contributed by atoms with Gasteiger partial charge in [-0.25, -0.2) is 0 Å². The fourth-order valence-electron chi connectivity index (χ4n) is 10.2. The van der Waals surface area contributed by atoms with Crippen LogP contribution in [0.2, 0.25) is 0 Å². The molecule has 1 saturated heterocycles. The molecule has 7 atom stereocenters. The quantitative estimate of drug-likeness (QED) is 0.0261. The molecule has 0 saturated carbocycles. The normalized spacial score (nSPS) is 19.3. The SMILES string of the molecule is CCCCCCCCCCCCCC/C=C\CCCCCCCCCCC(=O)NC(COC1OC(CO)C(O)C(O)C1O)C(O)CCCCCCCCCCCCCCCCCCCCCCCCC. The maximum Gasteiger partial charge on any atom is 0.220 e. The number of carbonyl (C=O) groups is 1. The van der Waals surface area contributed by atoms with E-state index in [1.54, 1.807) is 0 Å². The number of aliphatic hydroxyl groups is 5. The Labute approximate surface area is 433 Å². The molecule has 70 heavy (non-hydrogen) atoms. The van der Waals surface area contributed by atoms with Crippen LogP contribution in [-0.4, -0.2) is 87.5 Å². The van der Waals surface area contributed by atoms with Crippen molar-refractivity contribution in [2.75, 3.05) is 13.2 Å². The van der Waals surface area contributed by atoms with Crippen LogP contribution in [0.5, 0.6) is 0 Å². The predicted molar refractivity (Wildman–Crippen MR) is 295 cm³/mol. The molecule has 1 amide bonds. The van der Waals surface area contributed by atoms with E-state index in [4.69, 9.17) is 9.47 Å². The second kappa shape index (κ2) is 51.4. The summed E-state index contributed by atoms with van der Waals surface area (Å²) in [6.45, 7) is 3.89. The molecule has 0 spiro atoms. The van der Waals surface area contributed by atoms with Gasteiger partial charge in [-0.2, -0.15) is 0 Å². The van der Waals surface area contributed by atoms with E-state index >= 15 is 0 Å². The number of allylic oxidation sites excluding steroid dienone is 2. The van der Waals surface area contributed by atoms with Crippen molar-refractivity contribution in [3.63, 3.8) is 0 Å². The highest BCUT2D eigenvalue weighted by atomic mass is 16.7. The van der Waals surface area contributed by atoms with Gasteiger partial charge in [-0.15, -0.1) is 0 Å². The molecule has 0 radical (unpaired) electrons. The number of hydrogen-bond donors (Lipinski definition) is 6. The zero-order valence-electron chi connectivity index (χ0n) is 46.3. The fraction of sp³-hybridized carbons (Fsp3) is 0.951. The Bertz CT molecular complexity index is 1110. The van der Waals surface area contributed by atoms with Crippen LogP contribution < -0.4 is 5.32 Å². The Morgan fingerprint density at radius 3 is 1.16 bits per heavy atom. The van der Waals surface area contributed by atoms with E-state index in [0.717, 1.165) is 38.5 Å². The average Bonchev–Trinajstić information content (AvgIpc) is 3.36. The molecule has 1 heterocycles. The Balaban J connectivity index is 2.17. The molecule has 416 valence electrons. The van der Waals surface area contributed by atoms with Crippen LogP contribution in [0.25, 0.3) is 0 Å².